The van der Waals surface area contributed by atoms with Gasteiger partial charge in [0.05, 0.1) is 5.69 Å². The lowest BCUT2D eigenvalue weighted by atomic mass is 10.3. The number of aromatic hydroxyl groups is 1. The molecule has 1 rings (SSSR count). The number of rotatable bonds is 2. The van der Waals surface area contributed by atoms with E-state index in [9.17, 15) is 18.3 Å². The number of benzene rings is 1. The molecule has 3 N–H and O–H groups in total. The summed E-state index contributed by atoms with van der Waals surface area (Å²) in [6, 6.07) is 2.33. The topological polar surface area (TPSA) is 107 Å². The lowest BCUT2D eigenvalue weighted by Gasteiger charge is -2.10. The van der Waals surface area contributed by atoms with Crippen molar-refractivity contribution in [1.82, 2.24) is 0 Å². The summed E-state index contributed by atoms with van der Waals surface area (Å²) < 4.78 is 27.4. The predicted octanol–water partition coefficient (Wildman–Crippen LogP) is 0.303. The average Bonchev–Trinajstić information content (AvgIpc) is 2.07. The smallest absolute Gasteiger partial charge is 0.308 e. The van der Waals surface area contributed by atoms with Crippen molar-refractivity contribution in [2.24, 2.45) is 0 Å². The highest BCUT2D eigenvalue weighted by molar-refractivity contribution is 7.91. The summed E-state index contributed by atoms with van der Waals surface area (Å²) in [5, 5.41) is 9.39. The van der Waals surface area contributed by atoms with E-state index >= 15 is 0 Å². The number of phenolic OH excluding ortho intramolecular Hbond substituents is 1. The SMILES string of the molecule is CC(=O)Oc1ccc(O)c(S(C)(=O)=O)c1N. The molecule has 0 heterocycles. The summed E-state index contributed by atoms with van der Waals surface area (Å²) in [5.74, 6) is -1.20. The molecule has 0 aliphatic heterocycles. The monoisotopic (exact) mass is 245 g/mol. The molecule has 0 atom stereocenters. The minimum absolute atomic E-state index is 0.0919. The zero-order valence-corrected chi connectivity index (χ0v) is 9.54. The predicted molar refractivity (Wildman–Crippen MR) is 56.9 cm³/mol. The van der Waals surface area contributed by atoms with Crippen LogP contribution in [0, 0.1) is 0 Å². The molecule has 88 valence electrons. The number of esters is 1. The van der Waals surface area contributed by atoms with Crippen LogP contribution in [0.1, 0.15) is 6.92 Å². The molecule has 0 spiro atoms. The molecule has 0 fully saturated rings. The van der Waals surface area contributed by atoms with Crippen LogP contribution in [0.5, 0.6) is 11.5 Å². The molecule has 0 unspecified atom stereocenters. The number of sulfone groups is 1. The highest BCUT2D eigenvalue weighted by Gasteiger charge is 2.21. The normalized spacial score (nSPS) is 11.1. The molecular weight excluding hydrogens is 234 g/mol. The van der Waals surface area contributed by atoms with E-state index < -0.39 is 26.5 Å². The Morgan fingerprint density at radius 2 is 2.00 bits per heavy atom. The lowest BCUT2D eigenvalue weighted by molar-refractivity contribution is -0.131. The molecule has 0 radical (unpaired) electrons. The van der Waals surface area contributed by atoms with Gasteiger partial charge in [0.2, 0.25) is 0 Å². The quantitative estimate of drug-likeness (QED) is 0.441. The van der Waals surface area contributed by atoms with Crippen molar-refractivity contribution < 1.29 is 23.1 Å². The Labute approximate surface area is 92.6 Å². The van der Waals surface area contributed by atoms with Gasteiger partial charge in [-0.1, -0.05) is 0 Å². The van der Waals surface area contributed by atoms with Crippen LogP contribution in [0.15, 0.2) is 17.0 Å². The van der Waals surface area contributed by atoms with Crippen LogP contribution in [-0.4, -0.2) is 25.7 Å². The molecule has 7 heteroatoms. The first-order chi connectivity index (χ1) is 7.23. The number of carbonyl (C=O) groups is 1. The number of hydrogen-bond acceptors (Lipinski definition) is 6. The second kappa shape index (κ2) is 4.01. The van der Waals surface area contributed by atoms with E-state index in [0.717, 1.165) is 19.2 Å². The summed E-state index contributed by atoms with van der Waals surface area (Å²) in [6.07, 6.45) is 0.899. The van der Waals surface area contributed by atoms with Gasteiger partial charge in [0.1, 0.15) is 10.6 Å². The van der Waals surface area contributed by atoms with Crippen LogP contribution in [0.25, 0.3) is 0 Å². The zero-order valence-electron chi connectivity index (χ0n) is 8.72. The molecule has 0 bridgehead atoms. The molecule has 0 amide bonds. The van der Waals surface area contributed by atoms with Gasteiger partial charge in [-0.05, 0) is 12.1 Å². The van der Waals surface area contributed by atoms with Crippen molar-refractivity contribution in [2.75, 3.05) is 12.0 Å². The van der Waals surface area contributed by atoms with E-state index in [-0.39, 0.29) is 11.4 Å². The molecule has 6 nitrogen and oxygen atoms in total. The van der Waals surface area contributed by atoms with Gasteiger partial charge in [-0.3, -0.25) is 4.79 Å². The van der Waals surface area contributed by atoms with E-state index in [1.54, 1.807) is 0 Å². The van der Waals surface area contributed by atoms with E-state index in [0.29, 0.717) is 0 Å². The van der Waals surface area contributed by atoms with E-state index in [4.69, 9.17) is 10.5 Å². The van der Waals surface area contributed by atoms with Crippen LogP contribution < -0.4 is 10.5 Å². The van der Waals surface area contributed by atoms with Crippen LogP contribution in [0.2, 0.25) is 0 Å². The minimum atomic E-state index is -3.69. The largest absolute Gasteiger partial charge is 0.507 e. The van der Waals surface area contributed by atoms with Crippen molar-refractivity contribution in [3.63, 3.8) is 0 Å². The Kier molecular flexibility index (Phi) is 3.09. The molecule has 0 saturated carbocycles. The first-order valence-corrected chi connectivity index (χ1v) is 6.12. The van der Waals surface area contributed by atoms with Crippen LogP contribution >= 0.6 is 0 Å². The summed E-state index contributed by atoms with van der Waals surface area (Å²) in [4.78, 5) is 10.3. The Morgan fingerprint density at radius 3 is 2.44 bits per heavy atom. The van der Waals surface area contributed by atoms with Crippen molar-refractivity contribution >= 4 is 21.5 Å². The maximum atomic E-state index is 11.3. The number of hydrogen-bond donors (Lipinski definition) is 2. The van der Waals surface area contributed by atoms with Gasteiger partial charge in [0, 0.05) is 13.2 Å². The first-order valence-electron chi connectivity index (χ1n) is 4.23. The summed E-state index contributed by atoms with van der Waals surface area (Å²) >= 11 is 0. The number of phenols is 1. The lowest BCUT2D eigenvalue weighted by Crippen LogP contribution is -2.08. The van der Waals surface area contributed by atoms with Crippen LogP contribution in [0.3, 0.4) is 0 Å². The molecule has 0 aliphatic carbocycles. The van der Waals surface area contributed by atoms with Crippen molar-refractivity contribution in [2.45, 2.75) is 11.8 Å². The van der Waals surface area contributed by atoms with Gasteiger partial charge in [-0.15, -0.1) is 0 Å². The van der Waals surface area contributed by atoms with Gasteiger partial charge in [0.25, 0.3) is 0 Å². The van der Waals surface area contributed by atoms with Gasteiger partial charge < -0.3 is 15.6 Å². The van der Waals surface area contributed by atoms with Crippen molar-refractivity contribution in [1.29, 1.82) is 0 Å². The van der Waals surface area contributed by atoms with Crippen LogP contribution in [-0.2, 0) is 14.6 Å². The molecule has 16 heavy (non-hydrogen) atoms. The number of anilines is 1. The van der Waals surface area contributed by atoms with Crippen molar-refractivity contribution in [3.8, 4) is 11.5 Å². The Bertz CT molecular complexity index is 535. The van der Waals surface area contributed by atoms with Gasteiger partial charge in [-0.25, -0.2) is 8.42 Å². The van der Waals surface area contributed by atoms with Gasteiger partial charge in [0.15, 0.2) is 15.6 Å². The zero-order chi connectivity index (χ0) is 12.5. The molecule has 0 aliphatic rings. The third kappa shape index (κ3) is 2.43. The fourth-order valence-corrected chi connectivity index (χ4v) is 2.15. The Morgan fingerprint density at radius 1 is 1.44 bits per heavy atom. The summed E-state index contributed by atoms with van der Waals surface area (Å²) in [6.45, 7) is 1.16. The number of carbonyl (C=O) groups excluding carboxylic acids is 1. The number of nitrogens with two attached hydrogens (primary N) is 1. The third-order valence-electron chi connectivity index (χ3n) is 1.76. The third-order valence-corrected chi connectivity index (χ3v) is 2.93. The highest BCUT2D eigenvalue weighted by atomic mass is 32.2. The maximum Gasteiger partial charge on any atom is 0.308 e. The maximum absolute atomic E-state index is 11.3. The molecule has 1 aromatic carbocycles. The van der Waals surface area contributed by atoms with Crippen molar-refractivity contribution in [3.05, 3.63) is 12.1 Å². The number of ether oxygens (including phenoxy) is 1. The van der Waals surface area contributed by atoms with E-state index in [1.165, 1.54) is 6.07 Å². The molecule has 0 aromatic heterocycles. The highest BCUT2D eigenvalue weighted by Crippen LogP contribution is 2.35. The van der Waals surface area contributed by atoms with Gasteiger partial charge >= 0.3 is 5.97 Å². The summed E-state index contributed by atoms with van der Waals surface area (Å²) in [7, 11) is -3.69. The molecule has 0 saturated heterocycles. The molecule has 1 aromatic rings. The van der Waals surface area contributed by atoms with E-state index in [1.807, 2.05) is 0 Å². The number of nitrogen functional groups attached to an aromatic ring is 1. The summed E-state index contributed by atoms with van der Waals surface area (Å²) in [5.41, 5.74) is 5.22. The first kappa shape index (κ1) is 12.3. The average molecular weight is 245 g/mol. The van der Waals surface area contributed by atoms with Crippen LogP contribution in [0.4, 0.5) is 5.69 Å². The fourth-order valence-electron chi connectivity index (χ4n) is 1.20. The Hall–Kier alpha value is -1.76. The second-order valence-electron chi connectivity index (χ2n) is 3.19. The second-order valence-corrected chi connectivity index (χ2v) is 5.14. The fraction of sp³-hybridized carbons (Fsp3) is 0.222. The van der Waals surface area contributed by atoms with E-state index in [2.05, 4.69) is 0 Å². The standard InChI is InChI=1S/C9H11NO5S/c1-5(11)15-7-4-3-6(12)9(8(7)10)16(2,13)14/h3-4,12H,10H2,1-2H3. The Balaban J connectivity index is 3.45. The van der Waals surface area contributed by atoms with Gasteiger partial charge in [-0.2, -0.15) is 0 Å². The minimum Gasteiger partial charge on any atom is -0.507 e. The molecular formula is C9H11NO5S.